The van der Waals surface area contributed by atoms with Crippen LogP contribution in [0.5, 0.6) is 0 Å². The van der Waals surface area contributed by atoms with Crippen LogP contribution in [0.25, 0.3) is 20.2 Å². The van der Waals surface area contributed by atoms with Gasteiger partial charge < -0.3 is 9.80 Å². The van der Waals surface area contributed by atoms with Gasteiger partial charge in [-0.25, -0.2) is 0 Å². The van der Waals surface area contributed by atoms with Crippen LogP contribution in [-0.2, 0) is 5.41 Å². The number of nitrogens with zero attached hydrogens (tertiary/aromatic N) is 2. The summed E-state index contributed by atoms with van der Waals surface area (Å²) >= 11 is 1.91. The summed E-state index contributed by atoms with van der Waals surface area (Å²) in [7, 11) is 0. The van der Waals surface area contributed by atoms with E-state index < -0.39 is 0 Å². The fourth-order valence-electron chi connectivity index (χ4n) is 9.85. The van der Waals surface area contributed by atoms with Crippen LogP contribution >= 0.6 is 11.3 Å². The molecule has 0 bridgehead atoms. The van der Waals surface area contributed by atoms with Crippen LogP contribution < -0.4 is 9.80 Å². The summed E-state index contributed by atoms with van der Waals surface area (Å²) in [5, 5.41) is 2.66. The topological polar surface area (TPSA) is 6.48 Å². The predicted octanol–water partition coefficient (Wildman–Crippen LogP) is 15.9. The van der Waals surface area contributed by atoms with Gasteiger partial charge in [-0.3, -0.25) is 0 Å². The van der Waals surface area contributed by atoms with Crippen molar-refractivity contribution in [2.45, 2.75) is 69.1 Å². The smallest absolute Gasteiger partial charge is 0.0640 e. The Hall–Kier alpha value is -5.64. The number of hydrogen-bond donors (Lipinski definition) is 0. The van der Waals surface area contributed by atoms with Gasteiger partial charge in [0.25, 0.3) is 0 Å². The molecule has 2 aliphatic rings. The van der Waals surface area contributed by atoms with Gasteiger partial charge in [0.2, 0.25) is 0 Å². The molecule has 2 aliphatic carbocycles. The number of thiophene rings is 1. The van der Waals surface area contributed by atoms with Gasteiger partial charge in [0.15, 0.2) is 0 Å². The Morgan fingerprint density at radius 1 is 0.411 bits per heavy atom. The SMILES string of the molecule is c1ccc(N(c2ccccc2)c2ccc(C3(c4ccc(N(c5ccc(C6CCCCC6)cc5)c5cccc6c5sc5ccccc56)cc4)CCCC3)cc2)cc1. The number of anilines is 6. The standard InChI is InChI=1S/C53H48N2S/c1-4-15-39(16-5-1)40-25-31-46(32-26-40)55(50-23-14-22-49-48-21-10-11-24-51(48)56-52(49)50)47-35-29-42(30-36-47)53(37-12-13-38-53)41-27-33-45(34-28-41)54(43-17-6-2-7-18-43)44-19-8-3-9-20-44/h2-3,6-11,14,17-36,39H,1,4-5,12-13,15-16,37-38H2. The van der Waals surface area contributed by atoms with Gasteiger partial charge >= 0.3 is 0 Å². The van der Waals surface area contributed by atoms with Crippen LogP contribution in [-0.4, -0.2) is 0 Å². The van der Waals surface area contributed by atoms with Gasteiger partial charge in [-0.1, -0.05) is 135 Å². The minimum atomic E-state index is -0.000646. The first-order valence-electron chi connectivity index (χ1n) is 20.7. The highest BCUT2D eigenvalue weighted by Gasteiger charge is 2.37. The molecule has 1 aromatic heterocycles. The molecule has 8 aromatic rings. The Labute approximate surface area is 335 Å². The molecule has 0 radical (unpaired) electrons. The largest absolute Gasteiger partial charge is 0.311 e. The summed E-state index contributed by atoms with van der Waals surface area (Å²) in [4.78, 5) is 4.86. The van der Waals surface area contributed by atoms with Crippen LogP contribution in [0.3, 0.4) is 0 Å². The first-order chi connectivity index (χ1) is 27.7. The average molecular weight is 745 g/mol. The monoisotopic (exact) mass is 744 g/mol. The molecule has 0 unspecified atom stereocenters. The van der Waals surface area contributed by atoms with Crippen molar-refractivity contribution in [3.05, 3.63) is 193 Å². The number of rotatable bonds is 9. The first-order valence-corrected chi connectivity index (χ1v) is 21.5. The molecule has 7 aromatic carbocycles. The number of hydrogen-bond acceptors (Lipinski definition) is 3. The zero-order chi connectivity index (χ0) is 37.3. The predicted molar refractivity (Wildman–Crippen MR) is 240 cm³/mol. The summed E-state index contributed by atoms with van der Waals surface area (Å²) in [5.41, 5.74) is 11.5. The van der Waals surface area contributed by atoms with Crippen LogP contribution in [0, 0.1) is 0 Å². The molecular weight excluding hydrogens is 697 g/mol. The molecule has 0 amide bonds. The van der Waals surface area contributed by atoms with Crippen LogP contribution in [0.1, 0.15) is 80.4 Å². The molecule has 10 rings (SSSR count). The maximum atomic E-state index is 2.50. The van der Waals surface area contributed by atoms with E-state index in [1.54, 1.807) is 0 Å². The second-order valence-electron chi connectivity index (χ2n) is 15.9. The molecule has 0 N–H and O–H groups in total. The van der Waals surface area contributed by atoms with Gasteiger partial charge in [0.05, 0.1) is 10.4 Å². The molecule has 0 spiro atoms. The lowest BCUT2D eigenvalue weighted by atomic mass is 9.73. The van der Waals surface area contributed by atoms with E-state index in [9.17, 15) is 0 Å². The normalized spacial score (nSPS) is 15.6. The van der Waals surface area contributed by atoms with E-state index in [0.717, 1.165) is 11.4 Å². The molecule has 2 saturated carbocycles. The quantitative estimate of drug-likeness (QED) is 0.145. The molecule has 0 atom stereocenters. The minimum absolute atomic E-state index is 0.000646. The third-order valence-electron chi connectivity index (χ3n) is 12.7. The van der Waals surface area contributed by atoms with E-state index in [-0.39, 0.29) is 5.41 Å². The Bertz CT molecular complexity index is 2500. The summed E-state index contributed by atoms with van der Waals surface area (Å²) in [6.45, 7) is 0. The van der Waals surface area contributed by atoms with Crippen molar-refractivity contribution >= 4 is 65.6 Å². The van der Waals surface area contributed by atoms with Crippen molar-refractivity contribution in [1.82, 2.24) is 0 Å². The van der Waals surface area contributed by atoms with E-state index in [1.807, 2.05) is 11.3 Å². The molecular formula is C53H48N2S. The lowest BCUT2D eigenvalue weighted by molar-refractivity contribution is 0.443. The highest BCUT2D eigenvalue weighted by molar-refractivity contribution is 7.26. The zero-order valence-corrected chi connectivity index (χ0v) is 32.8. The molecule has 2 fully saturated rings. The van der Waals surface area contributed by atoms with Crippen molar-refractivity contribution < 1.29 is 0 Å². The third-order valence-corrected chi connectivity index (χ3v) is 13.9. The fraction of sp³-hybridized carbons (Fsp3) is 0.208. The Kier molecular flexibility index (Phi) is 9.41. The number of para-hydroxylation sites is 2. The lowest BCUT2D eigenvalue weighted by Gasteiger charge is -2.33. The highest BCUT2D eigenvalue weighted by Crippen LogP contribution is 2.49. The fourth-order valence-corrected chi connectivity index (χ4v) is 11.1. The van der Waals surface area contributed by atoms with Crippen molar-refractivity contribution in [1.29, 1.82) is 0 Å². The molecule has 2 nitrogen and oxygen atoms in total. The van der Waals surface area contributed by atoms with Gasteiger partial charge in [-0.05, 0) is 121 Å². The lowest BCUT2D eigenvalue weighted by Crippen LogP contribution is -2.24. The van der Waals surface area contributed by atoms with E-state index in [1.165, 1.54) is 117 Å². The molecule has 3 heteroatoms. The van der Waals surface area contributed by atoms with Gasteiger partial charge in [-0.15, -0.1) is 11.3 Å². The molecule has 0 aliphatic heterocycles. The third kappa shape index (κ3) is 6.38. The Morgan fingerprint density at radius 2 is 0.911 bits per heavy atom. The second-order valence-corrected chi connectivity index (χ2v) is 17.0. The number of benzene rings is 7. The average Bonchev–Trinajstić information content (AvgIpc) is 3.93. The van der Waals surface area contributed by atoms with Gasteiger partial charge in [-0.2, -0.15) is 0 Å². The minimum Gasteiger partial charge on any atom is -0.311 e. The Balaban J connectivity index is 1.03. The van der Waals surface area contributed by atoms with E-state index in [0.29, 0.717) is 5.92 Å². The molecule has 1 heterocycles. The van der Waals surface area contributed by atoms with Crippen molar-refractivity contribution in [2.75, 3.05) is 9.80 Å². The van der Waals surface area contributed by atoms with E-state index in [4.69, 9.17) is 0 Å². The van der Waals surface area contributed by atoms with Gasteiger partial charge in [0.1, 0.15) is 0 Å². The van der Waals surface area contributed by atoms with Crippen molar-refractivity contribution in [3.8, 4) is 0 Å². The maximum Gasteiger partial charge on any atom is 0.0640 e. The summed E-state index contributed by atoms with van der Waals surface area (Å²) in [5.74, 6) is 0.688. The van der Waals surface area contributed by atoms with Gasteiger partial charge in [0, 0.05) is 49.3 Å². The summed E-state index contributed by atoms with van der Waals surface area (Å²) in [6.07, 6.45) is 11.5. The molecule has 56 heavy (non-hydrogen) atoms. The molecule has 0 saturated heterocycles. The van der Waals surface area contributed by atoms with Crippen molar-refractivity contribution in [3.63, 3.8) is 0 Å². The summed E-state index contributed by atoms with van der Waals surface area (Å²) in [6, 6.07) is 65.8. The second kappa shape index (κ2) is 15.1. The Morgan fingerprint density at radius 3 is 1.52 bits per heavy atom. The molecule has 276 valence electrons. The van der Waals surface area contributed by atoms with Crippen LogP contribution in [0.15, 0.2) is 176 Å². The highest BCUT2D eigenvalue weighted by atomic mass is 32.1. The summed E-state index contributed by atoms with van der Waals surface area (Å²) < 4.78 is 2.67. The van der Waals surface area contributed by atoms with E-state index >= 15 is 0 Å². The van der Waals surface area contributed by atoms with Crippen LogP contribution in [0.4, 0.5) is 34.1 Å². The van der Waals surface area contributed by atoms with Crippen LogP contribution in [0.2, 0.25) is 0 Å². The zero-order valence-electron chi connectivity index (χ0n) is 32.0. The maximum absolute atomic E-state index is 2.50. The number of fused-ring (bicyclic) bond motifs is 3. The van der Waals surface area contributed by atoms with Crippen molar-refractivity contribution in [2.24, 2.45) is 0 Å². The van der Waals surface area contributed by atoms with E-state index in [2.05, 4.69) is 186 Å². The first kappa shape index (κ1) is 34.8.